The van der Waals surface area contributed by atoms with E-state index in [0.717, 1.165) is 7.05 Å². The predicted molar refractivity (Wildman–Crippen MR) is 60.0 cm³/mol. The molecule has 0 atom stereocenters. The Labute approximate surface area is 131 Å². The van der Waals surface area contributed by atoms with Gasteiger partial charge in [-0.25, -0.2) is 8.42 Å². The maximum absolute atomic E-state index is 11.6. The van der Waals surface area contributed by atoms with Crippen LogP contribution in [0.1, 0.15) is 21.5 Å². The van der Waals surface area contributed by atoms with E-state index in [1.807, 2.05) is 0 Å². The summed E-state index contributed by atoms with van der Waals surface area (Å²) in [5.41, 5.74) is 3.29. The number of nitrogens with two attached hydrogens (primary N) is 1. The van der Waals surface area contributed by atoms with Gasteiger partial charge >= 0.3 is 29.6 Å². The van der Waals surface area contributed by atoms with Crippen LogP contribution in [0.25, 0.3) is 0 Å². The first-order valence-corrected chi connectivity index (χ1v) is 6.28. The van der Waals surface area contributed by atoms with Gasteiger partial charge in [0.25, 0.3) is 11.5 Å². The summed E-state index contributed by atoms with van der Waals surface area (Å²) < 4.78 is 32.8. The van der Waals surface area contributed by atoms with Gasteiger partial charge in [0.15, 0.2) is 5.88 Å². The number of nitrogens with zero attached hydrogens (tertiary/aromatic N) is 1. The number of primary amides is 1. The van der Waals surface area contributed by atoms with E-state index in [0.29, 0.717) is 4.57 Å². The number of pyridine rings is 1. The van der Waals surface area contributed by atoms with E-state index in [1.165, 1.54) is 6.92 Å². The zero-order valence-corrected chi connectivity index (χ0v) is 13.4. The minimum Gasteiger partial charge on any atom is -0.748 e. The molecule has 0 saturated carbocycles. The van der Waals surface area contributed by atoms with Crippen molar-refractivity contribution in [1.82, 2.24) is 4.57 Å². The van der Waals surface area contributed by atoms with Crippen LogP contribution in [0.3, 0.4) is 0 Å². The van der Waals surface area contributed by atoms with Gasteiger partial charge in [0.1, 0.15) is 5.56 Å². The van der Waals surface area contributed by atoms with Gasteiger partial charge in [-0.1, -0.05) is 0 Å². The van der Waals surface area contributed by atoms with Crippen molar-refractivity contribution in [2.24, 2.45) is 12.8 Å². The molecule has 0 aliphatic rings. The van der Waals surface area contributed by atoms with E-state index in [9.17, 15) is 27.7 Å². The molecule has 100 valence electrons. The quantitative estimate of drug-likeness (QED) is 0.425. The Morgan fingerprint density at radius 2 is 1.95 bits per heavy atom. The summed E-state index contributed by atoms with van der Waals surface area (Å²) in [6.45, 7) is 1.24. The van der Waals surface area contributed by atoms with Crippen LogP contribution in [-0.2, 0) is 22.9 Å². The third-order valence-electron chi connectivity index (χ3n) is 2.50. The maximum Gasteiger partial charge on any atom is 1.00 e. The van der Waals surface area contributed by atoms with Crippen LogP contribution >= 0.6 is 0 Å². The molecule has 0 bridgehead atoms. The standard InChI is InChI=1S/C9H12N2O6S.Na/c1-4-5(3-18(15,16)17)8(13)11(2)9(14)6(4)7(10)12;/h13H,3H2,1-2H3,(H2,10,12)(H,15,16,17);/q;+1/p-1. The van der Waals surface area contributed by atoms with Crippen molar-refractivity contribution in [2.75, 3.05) is 0 Å². The van der Waals surface area contributed by atoms with Gasteiger partial charge in [-0.05, 0) is 12.5 Å². The van der Waals surface area contributed by atoms with Crippen LogP contribution in [-0.4, -0.2) is 28.6 Å². The van der Waals surface area contributed by atoms with E-state index < -0.39 is 38.8 Å². The van der Waals surface area contributed by atoms with E-state index in [-0.39, 0.29) is 40.7 Å². The Morgan fingerprint density at radius 3 is 2.32 bits per heavy atom. The van der Waals surface area contributed by atoms with Crippen LogP contribution in [0.4, 0.5) is 0 Å². The fourth-order valence-corrected chi connectivity index (χ4v) is 2.28. The number of rotatable bonds is 3. The zero-order valence-electron chi connectivity index (χ0n) is 10.6. The van der Waals surface area contributed by atoms with Crippen LogP contribution in [0.2, 0.25) is 0 Å². The molecular formula is C9H11N2NaO6S. The van der Waals surface area contributed by atoms with E-state index in [4.69, 9.17) is 5.73 Å². The van der Waals surface area contributed by atoms with Gasteiger partial charge in [0, 0.05) is 12.6 Å². The minimum absolute atomic E-state index is 0. The molecule has 1 aromatic heterocycles. The smallest absolute Gasteiger partial charge is 0.748 e. The van der Waals surface area contributed by atoms with Crippen LogP contribution < -0.4 is 40.9 Å². The summed E-state index contributed by atoms with van der Waals surface area (Å²) in [5.74, 6) is -2.77. The molecule has 1 heterocycles. The summed E-state index contributed by atoms with van der Waals surface area (Å²) in [4.78, 5) is 22.8. The van der Waals surface area contributed by atoms with Crippen LogP contribution in [0.15, 0.2) is 4.79 Å². The van der Waals surface area contributed by atoms with E-state index >= 15 is 0 Å². The largest absolute Gasteiger partial charge is 1.00 e. The van der Waals surface area contributed by atoms with Crippen molar-refractivity contribution in [1.29, 1.82) is 0 Å². The zero-order chi connectivity index (χ0) is 14.2. The molecule has 0 saturated heterocycles. The summed E-state index contributed by atoms with van der Waals surface area (Å²) in [7, 11) is -3.54. The average molecular weight is 298 g/mol. The fraction of sp³-hybridized carbons (Fsp3) is 0.333. The van der Waals surface area contributed by atoms with Crippen molar-refractivity contribution in [2.45, 2.75) is 12.7 Å². The summed E-state index contributed by atoms with van der Waals surface area (Å²) in [6.07, 6.45) is 0. The van der Waals surface area contributed by atoms with Crippen molar-refractivity contribution in [3.63, 3.8) is 0 Å². The molecule has 0 aromatic carbocycles. The summed E-state index contributed by atoms with van der Waals surface area (Å²) >= 11 is 0. The Balaban J connectivity index is 0.00000324. The molecule has 1 amide bonds. The third-order valence-corrected chi connectivity index (χ3v) is 3.14. The molecule has 0 aliphatic heterocycles. The number of hydrogen-bond donors (Lipinski definition) is 2. The summed E-state index contributed by atoms with van der Waals surface area (Å²) in [6, 6.07) is 0. The second-order valence-electron chi connectivity index (χ2n) is 3.73. The van der Waals surface area contributed by atoms with Gasteiger partial charge in [-0.2, -0.15) is 0 Å². The predicted octanol–water partition coefficient (Wildman–Crippen LogP) is -4.45. The molecule has 0 fully saturated rings. The van der Waals surface area contributed by atoms with Gasteiger partial charge in [-0.3, -0.25) is 14.2 Å². The van der Waals surface area contributed by atoms with Crippen molar-refractivity contribution >= 4 is 16.0 Å². The topological polar surface area (TPSA) is 143 Å². The average Bonchev–Trinajstić information content (AvgIpc) is 2.20. The minimum atomic E-state index is -4.67. The Morgan fingerprint density at radius 1 is 1.47 bits per heavy atom. The molecule has 1 rings (SSSR count). The first-order valence-electron chi connectivity index (χ1n) is 4.71. The van der Waals surface area contributed by atoms with Crippen molar-refractivity contribution < 1.29 is 52.4 Å². The number of amides is 1. The fourth-order valence-electron chi connectivity index (χ4n) is 1.59. The second-order valence-corrected chi connectivity index (χ2v) is 5.14. The molecule has 10 heteroatoms. The molecule has 19 heavy (non-hydrogen) atoms. The first kappa shape index (κ1) is 18.1. The van der Waals surface area contributed by atoms with Crippen molar-refractivity contribution in [3.8, 4) is 5.88 Å². The van der Waals surface area contributed by atoms with Crippen LogP contribution in [0.5, 0.6) is 5.88 Å². The van der Waals surface area contributed by atoms with Crippen molar-refractivity contribution in [3.05, 3.63) is 27.0 Å². The molecule has 0 radical (unpaired) electrons. The Bertz CT molecular complexity index is 679. The summed E-state index contributed by atoms with van der Waals surface area (Å²) in [5, 5.41) is 9.64. The molecular weight excluding hydrogens is 287 g/mol. The Kier molecular flexibility index (Phi) is 5.78. The Hall–Kier alpha value is -0.870. The molecule has 8 nitrogen and oxygen atoms in total. The second kappa shape index (κ2) is 6.06. The third kappa shape index (κ3) is 3.80. The van der Waals surface area contributed by atoms with Gasteiger partial charge < -0.3 is 15.4 Å². The normalized spacial score (nSPS) is 10.9. The number of aromatic hydroxyl groups is 1. The molecule has 1 aromatic rings. The molecule has 0 aliphatic carbocycles. The number of hydrogen-bond acceptors (Lipinski definition) is 6. The first-order chi connectivity index (χ1) is 8.06. The SMILES string of the molecule is Cc1c(CS(=O)(=O)[O-])c(O)n(C)c(=O)c1C(N)=O.[Na+]. The molecule has 3 N–H and O–H groups in total. The maximum atomic E-state index is 11.6. The molecule has 0 spiro atoms. The number of carbonyl (C=O) groups excluding carboxylic acids is 1. The van der Waals surface area contributed by atoms with Gasteiger partial charge in [0.05, 0.1) is 15.9 Å². The number of aromatic nitrogens is 1. The van der Waals surface area contributed by atoms with Gasteiger partial charge in [0.2, 0.25) is 0 Å². The van der Waals surface area contributed by atoms with E-state index in [1.54, 1.807) is 0 Å². The molecule has 0 unspecified atom stereocenters. The van der Waals surface area contributed by atoms with E-state index in [2.05, 4.69) is 0 Å². The van der Waals surface area contributed by atoms with Gasteiger partial charge in [-0.15, -0.1) is 0 Å². The van der Waals surface area contributed by atoms with Crippen LogP contribution in [0, 0.1) is 6.92 Å². The number of carbonyl (C=O) groups is 1. The monoisotopic (exact) mass is 298 g/mol.